The van der Waals surface area contributed by atoms with Gasteiger partial charge in [0.25, 0.3) is 0 Å². The van der Waals surface area contributed by atoms with Gasteiger partial charge in [0.15, 0.2) is 5.96 Å². The molecule has 2 N–H and O–H groups in total. The smallest absolute Gasteiger partial charge is 0.191 e. The number of methoxy groups -OCH3 is 1. The van der Waals surface area contributed by atoms with Crippen LogP contribution in [0.3, 0.4) is 0 Å². The summed E-state index contributed by atoms with van der Waals surface area (Å²) in [7, 11) is -1.29. The summed E-state index contributed by atoms with van der Waals surface area (Å²) in [6.45, 7) is 5.37. The van der Waals surface area contributed by atoms with Gasteiger partial charge in [-0.1, -0.05) is 12.1 Å². The zero-order valence-corrected chi connectivity index (χ0v) is 15.8. The maximum atomic E-state index is 11.2. The van der Waals surface area contributed by atoms with E-state index in [9.17, 15) is 8.42 Å². The van der Waals surface area contributed by atoms with Gasteiger partial charge < -0.3 is 15.4 Å². The van der Waals surface area contributed by atoms with Crippen LogP contribution in [-0.2, 0) is 16.3 Å². The van der Waals surface area contributed by atoms with Crippen molar-refractivity contribution in [2.75, 3.05) is 32.2 Å². The Hall–Kier alpha value is -1.76. The van der Waals surface area contributed by atoms with E-state index >= 15 is 0 Å². The van der Waals surface area contributed by atoms with Gasteiger partial charge in [-0.2, -0.15) is 0 Å². The Balaban J connectivity index is 2.51. The molecule has 0 fully saturated rings. The van der Waals surface area contributed by atoms with Crippen molar-refractivity contribution in [3.63, 3.8) is 0 Å². The Labute approximate surface area is 145 Å². The highest BCUT2D eigenvalue weighted by Crippen LogP contribution is 2.11. The molecule has 7 heteroatoms. The maximum absolute atomic E-state index is 11.2. The molecule has 6 nitrogen and oxygen atoms in total. The van der Waals surface area contributed by atoms with E-state index < -0.39 is 9.84 Å². The average molecular weight is 356 g/mol. The highest BCUT2D eigenvalue weighted by Gasteiger charge is 2.09. The number of hydrogen-bond acceptors (Lipinski definition) is 4. The van der Waals surface area contributed by atoms with Crippen LogP contribution >= 0.6 is 0 Å². The van der Waals surface area contributed by atoms with Gasteiger partial charge in [0, 0.05) is 25.4 Å². The second-order valence-electron chi connectivity index (χ2n) is 5.82. The Kier molecular flexibility index (Phi) is 8.60. The van der Waals surface area contributed by atoms with E-state index in [1.54, 1.807) is 7.11 Å². The average Bonchev–Trinajstić information content (AvgIpc) is 2.53. The normalized spacial score (nSPS) is 13.4. The molecule has 0 saturated heterocycles. The first-order valence-corrected chi connectivity index (χ1v) is 10.3. The lowest BCUT2D eigenvalue weighted by atomic mass is 10.1. The van der Waals surface area contributed by atoms with Crippen molar-refractivity contribution in [2.24, 2.45) is 4.99 Å². The van der Waals surface area contributed by atoms with E-state index in [2.05, 4.69) is 15.6 Å². The van der Waals surface area contributed by atoms with Crippen molar-refractivity contribution in [3.05, 3.63) is 29.8 Å². The van der Waals surface area contributed by atoms with E-state index in [0.29, 0.717) is 18.9 Å². The summed E-state index contributed by atoms with van der Waals surface area (Å²) < 4.78 is 27.6. The van der Waals surface area contributed by atoms with E-state index in [4.69, 9.17) is 4.74 Å². The van der Waals surface area contributed by atoms with Crippen LogP contribution in [0.1, 0.15) is 25.8 Å². The summed E-state index contributed by atoms with van der Waals surface area (Å²) in [5, 5.41) is 6.43. The topological polar surface area (TPSA) is 79.8 Å². The third-order valence-corrected chi connectivity index (χ3v) is 4.46. The number of nitrogens with one attached hydrogen (secondary N) is 2. The van der Waals surface area contributed by atoms with Crippen LogP contribution in [0.15, 0.2) is 29.3 Å². The molecule has 0 saturated carbocycles. The van der Waals surface area contributed by atoms with E-state index in [-0.39, 0.29) is 11.8 Å². The predicted octanol–water partition coefficient (Wildman–Crippen LogP) is 1.62. The van der Waals surface area contributed by atoms with Gasteiger partial charge in [0.05, 0.1) is 12.9 Å². The number of sulfone groups is 1. The minimum atomic E-state index is -2.94. The SMILES string of the molecule is CCNC(=NCCc1ccc(OC)cc1)NC(C)CCS(C)(=O)=O. The monoisotopic (exact) mass is 355 g/mol. The maximum Gasteiger partial charge on any atom is 0.191 e. The van der Waals surface area contributed by atoms with Crippen LogP contribution in [-0.4, -0.2) is 52.6 Å². The van der Waals surface area contributed by atoms with Gasteiger partial charge in [-0.3, -0.25) is 4.99 Å². The van der Waals surface area contributed by atoms with E-state index in [1.807, 2.05) is 38.1 Å². The number of benzene rings is 1. The summed E-state index contributed by atoms with van der Waals surface area (Å²) in [5.74, 6) is 1.73. The molecule has 0 aliphatic carbocycles. The highest BCUT2D eigenvalue weighted by molar-refractivity contribution is 7.90. The summed E-state index contributed by atoms with van der Waals surface area (Å²) in [4.78, 5) is 4.55. The highest BCUT2D eigenvalue weighted by atomic mass is 32.2. The minimum Gasteiger partial charge on any atom is -0.497 e. The fourth-order valence-corrected chi connectivity index (χ4v) is 2.89. The number of aliphatic imine (C=N–C) groups is 1. The van der Waals surface area contributed by atoms with Crippen LogP contribution in [0.2, 0.25) is 0 Å². The van der Waals surface area contributed by atoms with Gasteiger partial charge in [0.1, 0.15) is 15.6 Å². The Bertz CT molecular complexity index is 612. The molecule has 0 heterocycles. The molecule has 0 aliphatic rings. The minimum absolute atomic E-state index is 0.0403. The molecule has 24 heavy (non-hydrogen) atoms. The van der Waals surface area contributed by atoms with Gasteiger partial charge in [-0.05, 0) is 44.4 Å². The largest absolute Gasteiger partial charge is 0.497 e. The van der Waals surface area contributed by atoms with Crippen molar-refractivity contribution in [1.29, 1.82) is 0 Å². The summed E-state index contributed by atoms with van der Waals surface area (Å²) >= 11 is 0. The Morgan fingerprint density at radius 3 is 2.50 bits per heavy atom. The quantitative estimate of drug-likeness (QED) is 0.520. The molecule has 1 atom stereocenters. The first kappa shape index (κ1) is 20.3. The fourth-order valence-electron chi connectivity index (χ4n) is 2.11. The van der Waals surface area contributed by atoms with Gasteiger partial charge in [0.2, 0.25) is 0 Å². The van der Waals surface area contributed by atoms with Crippen LogP contribution in [0.25, 0.3) is 0 Å². The lowest BCUT2D eigenvalue weighted by Crippen LogP contribution is -2.43. The zero-order chi connectivity index (χ0) is 18.0. The number of rotatable bonds is 9. The molecule has 0 amide bonds. The Morgan fingerprint density at radius 1 is 1.29 bits per heavy atom. The van der Waals surface area contributed by atoms with Gasteiger partial charge in [-0.15, -0.1) is 0 Å². The first-order chi connectivity index (χ1) is 11.3. The lowest BCUT2D eigenvalue weighted by molar-refractivity contribution is 0.414. The van der Waals surface area contributed by atoms with Crippen molar-refractivity contribution < 1.29 is 13.2 Å². The number of guanidine groups is 1. The molecular weight excluding hydrogens is 326 g/mol. The van der Waals surface area contributed by atoms with Crippen LogP contribution in [0.4, 0.5) is 0 Å². The third kappa shape index (κ3) is 8.76. The number of ether oxygens (including phenoxy) is 1. The van der Waals surface area contributed by atoms with Crippen LogP contribution in [0, 0.1) is 0 Å². The second kappa shape index (κ2) is 10.2. The van der Waals surface area contributed by atoms with Crippen LogP contribution < -0.4 is 15.4 Å². The molecule has 0 radical (unpaired) electrons. The van der Waals surface area contributed by atoms with E-state index in [1.165, 1.54) is 11.8 Å². The molecule has 0 aromatic heterocycles. The number of nitrogens with zero attached hydrogens (tertiary/aromatic N) is 1. The fraction of sp³-hybridized carbons (Fsp3) is 0.588. The lowest BCUT2D eigenvalue weighted by Gasteiger charge is -2.17. The zero-order valence-electron chi connectivity index (χ0n) is 15.0. The van der Waals surface area contributed by atoms with Crippen molar-refractivity contribution in [3.8, 4) is 5.75 Å². The summed E-state index contributed by atoms with van der Waals surface area (Å²) in [6.07, 6.45) is 2.65. The Morgan fingerprint density at radius 2 is 1.96 bits per heavy atom. The second-order valence-corrected chi connectivity index (χ2v) is 8.08. The molecule has 0 spiro atoms. The summed E-state index contributed by atoms with van der Waals surface area (Å²) in [6, 6.07) is 7.98. The standard InChI is InChI=1S/C17H29N3O3S/c1-5-18-17(20-14(2)11-13-24(4,21)22)19-12-10-15-6-8-16(23-3)9-7-15/h6-9,14H,5,10-13H2,1-4H3,(H2,18,19,20). The van der Waals surface area contributed by atoms with Gasteiger partial charge in [-0.25, -0.2) is 8.42 Å². The molecule has 136 valence electrons. The van der Waals surface area contributed by atoms with Crippen molar-refractivity contribution in [2.45, 2.75) is 32.7 Å². The predicted molar refractivity (Wildman–Crippen MR) is 99.6 cm³/mol. The van der Waals surface area contributed by atoms with Crippen molar-refractivity contribution >= 4 is 15.8 Å². The molecule has 0 aliphatic heterocycles. The van der Waals surface area contributed by atoms with Crippen molar-refractivity contribution in [1.82, 2.24) is 10.6 Å². The summed E-state index contributed by atoms with van der Waals surface area (Å²) in [5.41, 5.74) is 1.19. The first-order valence-electron chi connectivity index (χ1n) is 8.19. The molecule has 1 unspecified atom stereocenters. The van der Waals surface area contributed by atoms with Crippen LogP contribution in [0.5, 0.6) is 5.75 Å². The molecule has 1 rings (SSSR count). The number of hydrogen-bond donors (Lipinski definition) is 2. The molecular formula is C17H29N3O3S. The molecule has 1 aromatic carbocycles. The molecule has 1 aromatic rings. The van der Waals surface area contributed by atoms with E-state index in [0.717, 1.165) is 18.7 Å². The molecule has 0 bridgehead atoms. The van der Waals surface area contributed by atoms with Gasteiger partial charge >= 0.3 is 0 Å². The third-order valence-electron chi connectivity index (χ3n) is 3.48.